The molecule has 3 aromatic heterocycles. The zero-order valence-electron chi connectivity index (χ0n) is 17.5. The normalized spacial score (nSPS) is 15.3. The Morgan fingerprint density at radius 1 is 1.16 bits per heavy atom. The fourth-order valence-corrected chi connectivity index (χ4v) is 7.15. The van der Waals surface area contributed by atoms with Crippen LogP contribution in [0.1, 0.15) is 31.5 Å². The summed E-state index contributed by atoms with van der Waals surface area (Å²) in [6, 6.07) is 9.39. The number of amides is 1. The summed E-state index contributed by atoms with van der Waals surface area (Å²) in [4.78, 5) is 14.8. The molecule has 0 aliphatic carbocycles. The van der Waals surface area contributed by atoms with Gasteiger partial charge in [0.15, 0.2) is 0 Å². The van der Waals surface area contributed by atoms with Crippen LogP contribution in [-0.2, 0) is 27.8 Å². The van der Waals surface area contributed by atoms with Crippen LogP contribution in [-0.4, -0.2) is 49.5 Å². The average Bonchev–Trinajstić information content (AvgIpc) is 3.51. The second-order valence-electron chi connectivity index (χ2n) is 7.37. The van der Waals surface area contributed by atoms with Gasteiger partial charge in [-0.1, -0.05) is 6.07 Å². The van der Waals surface area contributed by atoms with E-state index in [2.05, 4.69) is 16.0 Å². The van der Waals surface area contributed by atoms with Gasteiger partial charge in [0, 0.05) is 34.2 Å². The minimum Gasteiger partial charge on any atom is -0.379 e. The molecule has 1 aliphatic rings. The minimum absolute atomic E-state index is 0.156. The van der Waals surface area contributed by atoms with Crippen LogP contribution in [0.3, 0.4) is 0 Å². The second kappa shape index (κ2) is 9.25. The number of nitrogens with zero attached hydrogens (tertiary/aromatic N) is 2. The van der Waals surface area contributed by atoms with Gasteiger partial charge in [0.25, 0.3) is 15.9 Å². The van der Waals surface area contributed by atoms with Crippen LogP contribution in [0.4, 0.5) is 0 Å². The molecule has 0 bridgehead atoms. The van der Waals surface area contributed by atoms with Crippen LogP contribution in [0.2, 0.25) is 0 Å². The van der Waals surface area contributed by atoms with E-state index in [-0.39, 0.29) is 12.5 Å². The lowest BCUT2D eigenvalue weighted by molar-refractivity contribution is 0.0731. The number of carbonyl (C=O) groups excluding carboxylic acids is 1. The first-order chi connectivity index (χ1) is 14.9. The van der Waals surface area contributed by atoms with Crippen LogP contribution in [0.5, 0.6) is 0 Å². The van der Waals surface area contributed by atoms with Crippen LogP contribution in [0, 0.1) is 13.8 Å². The van der Waals surface area contributed by atoms with Crippen molar-refractivity contribution < 1.29 is 17.9 Å². The molecule has 0 saturated carbocycles. The summed E-state index contributed by atoms with van der Waals surface area (Å²) in [6.07, 6.45) is 0. The maximum atomic E-state index is 12.8. The van der Waals surface area contributed by atoms with Crippen LogP contribution >= 0.6 is 22.7 Å². The number of rotatable bonds is 7. The maximum absolute atomic E-state index is 12.8. The summed E-state index contributed by atoms with van der Waals surface area (Å²) in [7, 11) is -3.51. The van der Waals surface area contributed by atoms with Gasteiger partial charge in [-0.3, -0.25) is 4.79 Å². The molecule has 0 spiro atoms. The standard InChI is InChI=1S/C21H25N3O4S3/c1-15-12-19(16(2)24(15)14-18-4-3-11-29-18)21(25)22-13-17-5-6-20(30-17)31(26,27)23-7-9-28-10-8-23/h3-6,11-12H,7-10,13-14H2,1-2H3,(H,22,25). The molecule has 1 N–H and O–H groups in total. The Bertz CT molecular complexity index is 1160. The lowest BCUT2D eigenvalue weighted by Gasteiger charge is -2.25. The van der Waals surface area contributed by atoms with E-state index in [4.69, 9.17) is 4.74 Å². The number of sulfonamides is 1. The van der Waals surface area contributed by atoms with E-state index >= 15 is 0 Å². The number of hydrogen-bond donors (Lipinski definition) is 1. The van der Waals surface area contributed by atoms with Crippen molar-refractivity contribution >= 4 is 38.6 Å². The first-order valence-electron chi connectivity index (χ1n) is 10.00. The van der Waals surface area contributed by atoms with Crippen molar-refractivity contribution in [2.24, 2.45) is 0 Å². The molecule has 4 rings (SSSR count). The molecule has 166 valence electrons. The van der Waals surface area contributed by atoms with Gasteiger partial charge in [0.2, 0.25) is 0 Å². The van der Waals surface area contributed by atoms with E-state index in [9.17, 15) is 13.2 Å². The van der Waals surface area contributed by atoms with Crippen LogP contribution < -0.4 is 5.32 Å². The number of carbonyl (C=O) groups is 1. The van der Waals surface area contributed by atoms with E-state index in [1.54, 1.807) is 23.5 Å². The predicted octanol–water partition coefficient (Wildman–Crippen LogP) is 3.23. The fourth-order valence-electron chi connectivity index (χ4n) is 3.60. The van der Waals surface area contributed by atoms with E-state index in [1.807, 2.05) is 31.4 Å². The highest BCUT2D eigenvalue weighted by atomic mass is 32.2. The molecular weight excluding hydrogens is 454 g/mol. The van der Waals surface area contributed by atoms with Crippen LogP contribution in [0.25, 0.3) is 0 Å². The van der Waals surface area contributed by atoms with Crippen molar-refractivity contribution in [2.75, 3.05) is 26.3 Å². The Labute approximate surface area is 190 Å². The quantitative estimate of drug-likeness (QED) is 0.564. The first-order valence-corrected chi connectivity index (χ1v) is 13.1. The number of aryl methyl sites for hydroxylation is 1. The number of hydrogen-bond acceptors (Lipinski definition) is 6. The lowest BCUT2D eigenvalue weighted by atomic mass is 10.2. The Hall–Kier alpha value is -1.98. The minimum atomic E-state index is -3.51. The number of thiophene rings is 2. The average molecular weight is 480 g/mol. The molecule has 31 heavy (non-hydrogen) atoms. The monoisotopic (exact) mass is 479 g/mol. The highest BCUT2D eigenvalue weighted by molar-refractivity contribution is 7.91. The van der Waals surface area contributed by atoms with Gasteiger partial charge in [-0.25, -0.2) is 8.42 Å². The number of aromatic nitrogens is 1. The second-order valence-corrected chi connectivity index (χ2v) is 11.7. The van der Waals surface area contributed by atoms with Gasteiger partial charge in [0.05, 0.1) is 31.9 Å². The molecule has 0 aromatic carbocycles. The largest absolute Gasteiger partial charge is 0.379 e. The Balaban J connectivity index is 1.42. The van der Waals surface area contributed by atoms with Gasteiger partial charge in [-0.05, 0) is 43.5 Å². The van der Waals surface area contributed by atoms with Gasteiger partial charge in [-0.15, -0.1) is 22.7 Å². The Kier molecular flexibility index (Phi) is 6.63. The lowest BCUT2D eigenvalue weighted by Crippen LogP contribution is -2.40. The summed E-state index contributed by atoms with van der Waals surface area (Å²) >= 11 is 2.89. The molecular formula is C21H25N3O4S3. The van der Waals surface area contributed by atoms with Gasteiger partial charge in [0.1, 0.15) is 4.21 Å². The van der Waals surface area contributed by atoms with Crippen LogP contribution in [0.15, 0.2) is 39.9 Å². The zero-order chi connectivity index (χ0) is 22.0. The highest BCUT2D eigenvalue weighted by Gasteiger charge is 2.27. The molecule has 10 heteroatoms. The molecule has 1 saturated heterocycles. The SMILES string of the molecule is Cc1cc(C(=O)NCc2ccc(S(=O)(=O)N3CCOCC3)s2)c(C)n1Cc1cccs1. The summed E-state index contributed by atoms with van der Waals surface area (Å²) in [5.41, 5.74) is 2.60. The summed E-state index contributed by atoms with van der Waals surface area (Å²) in [5, 5.41) is 4.98. The number of ether oxygens (including phenoxy) is 1. The maximum Gasteiger partial charge on any atom is 0.253 e. The third kappa shape index (κ3) is 4.78. The predicted molar refractivity (Wildman–Crippen MR) is 122 cm³/mol. The zero-order valence-corrected chi connectivity index (χ0v) is 19.9. The highest BCUT2D eigenvalue weighted by Crippen LogP contribution is 2.26. The molecule has 1 aliphatic heterocycles. The summed E-state index contributed by atoms with van der Waals surface area (Å²) < 4.78 is 34.7. The van der Waals surface area contributed by atoms with Gasteiger partial charge >= 0.3 is 0 Å². The number of morpholine rings is 1. The summed E-state index contributed by atoms with van der Waals surface area (Å²) in [5.74, 6) is -0.156. The molecule has 1 amide bonds. The molecule has 1 fully saturated rings. The molecule has 0 unspecified atom stereocenters. The molecule has 0 radical (unpaired) electrons. The van der Waals surface area contributed by atoms with Crippen molar-refractivity contribution in [2.45, 2.75) is 31.1 Å². The van der Waals surface area contributed by atoms with Crippen molar-refractivity contribution in [1.29, 1.82) is 0 Å². The van der Waals surface area contributed by atoms with Crippen molar-refractivity contribution in [3.8, 4) is 0 Å². The van der Waals surface area contributed by atoms with Gasteiger partial charge < -0.3 is 14.6 Å². The topological polar surface area (TPSA) is 80.6 Å². The van der Waals surface area contributed by atoms with Crippen molar-refractivity contribution in [3.05, 3.63) is 62.4 Å². The third-order valence-corrected chi connectivity index (χ3v) is 9.65. The fraction of sp³-hybridized carbons (Fsp3) is 0.381. The summed E-state index contributed by atoms with van der Waals surface area (Å²) in [6.45, 7) is 6.55. The Morgan fingerprint density at radius 2 is 1.94 bits per heavy atom. The van der Waals surface area contributed by atoms with Gasteiger partial charge in [-0.2, -0.15) is 4.31 Å². The molecule has 0 atom stereocenters. The molecule has 3 aromatic rings. The number of nitrogens with one attached hydrogen (secondary N) is 1. The first kappa shape index (κ1) is 22.2. The molecule has 7 nitrogen and oxygen atoms in total. The van der Waals surface area contributed by atoms with E-state index in [0.29, 0.717) is 36.1 Å². The van der Waals surface area contributed by atoms with Crippen molar-refractivity contribution in [1.82, 2.24) is 14.2 Å². The van der Waals surface area contributed by atoms with Crippen molar-refractivity contribution in [3.63, 3.8) is 0 Å². The molecule has 4 heterocycles. The smallest absolute Gasteiger partial charge is 0.253 e. The van der Waals surface area contributed by atoms with E-state index in [0.717, 1.165) is 22.8 Å². The third-order valence-electron chi connectivity index (χ3n) is 5.34. The Morgan fingerprint density at radius 3 is 2.65 bits per heavy atom. The van der Waals surface area contributed by atoms with E-state index < -0.39 is 10.0 Å². The van der Waals surface area contributed by atoms with E-state index in [1.165, 1.54) is 20.5 Å².